The zero-order chi connectivity index (χ0) is 20.1. The van der Waals surface area contributed by atoms with Gasteiger partial charge in [-0.05, 0) is 43.1 Å². The second kappa shape index (κ2) is 9.14. The van der Waals surface area contributed by atoms with Crippen LogP contribution >= 0.6 is 11.6 Å². The van der Waals surface area contributed by atoms with Crippen molar-refractivity contribution in [2.75, 3.05) is 6.54 Å². The molecule has 4 N–H and O–H groups in total. The van der Waals surface area contributed by atoms with Crippen LogP contribution in [0.5, 0.6) is 0 Å². The molecule has 3 rings (SSSR count). The van der Waals surface area contributed by atoms with E-state index in [9.17, 15) is 9.18 Å². The summed E-state index contributed by atoms with van der Waals surface area (Å²) < 4.78 is 16.0. The van der Waals surface area contributed by atoms with Crippen LogP contribution < -0.4 is 11.2 Å². The predicted molar refractivity (Wildman–Crippen MR) is 106 cm³/mol. The molecular formula is C20H22ClFN4O2. The standard InChI is InChI=1S/C20H22ClFN4O2/c21-15-11-17-18(12-16(15)22)26(8-3-1-2-7-23)19(24-17)10-13-5-4-6-14(9-13)20(27)25-28/h4-6,9,11-12,28H,1-3,7-8,10,23H2,(H,25,27). The minimum Gasteiger partial charge on any atom is -0.330 e. The number of imidazole rings is 1. The van der Waals surface area contributed by atoms with Gasteiger partial charge in [-0.25, -0.2) is 14.9 Å². The lowest BCUT2D eigenvalue weighted by Gasteiger charge is -2.10. The predicted octanol–water partition coefficient (Wildman–Crippen LogP) is 3.67. The van der Waals surface area contributed by atoms with Crippen LogP contribution in [0.4, 0.5) is 4.39 Å². The normalized spacial score (nSPS) is 11.1. The third-order valence-electron chi connectivity index (χ3n) is 4.61. The molecule has 0 atom stereocenters. The molecule has 6 nitrogen and oxygen atoms in total. The van der Waals surface area contributed by atoms with Crippen LogP contribution in [0.25, 0.3) is 11.0 Å². The van der Waals surface area contributed by atoms with Crippen molar-refractivity contribution in [2.24, 2.45) is 5.73 Å². The van der Waals surface area contributed by atoms with Crippen LogP contribution in [-0.2, 0) is 13.0 Å². The molecule has 0 bridgehead atoms. The van der Waals surface area contributed by atoms with Gasteiger partial charge in [0.1, 0.15) is 11.6 Å². The van der Waals surface area contributed by atoms with Crippen molar-refractivity contribution in [3.63, 3.8) is 0 Å². The zero-order valence-corrected chi connectivity index (χ0v) is 16.0. The first-order valence-corrected chi connectivity index (χ1v) is 9.49. The van der Waals surface area contributed by atoms with Crippen molar-refractivity contribution in [2.45, 2.75) is 32.2 Å². The number of halogens is 2. The number of unbranched alkanes of at least 4 members (excludes halogenated alkanes) is 2. The largest absolute Gasteiger partial charge is 0.330 e. The molecule has 0 aliphatic heterocycles. The van der Waals surface area contributed by atoms with Gasteiger partial charge in [0.05, 0.1) is 16.1 Å². The number of aromatic nitrogens is 2. The van der Waals surface area contributed by atoms with Crippen molar-refractivity contribution in [3.05, 3.63) is 64.2 Å². The van der Waals surface area contributed by atoms with Gasteiger partial charge in [-0.15, -0.1) is 0 Å². The van der Waals surface area contributed by atoms with Crippen molar-refractivity contribution in [1.29, 1.82) is 0 Å². The van der Waals surface area contributed by atoms with Gasteiger partial charge in [0.2, 0.25) is 0 Å². The highest BCUT2D eigenvalue weighted by molar-refractivity contribution is 6.31. The summed E-state index contributed by atoms with van der Waals surface area (Å²) in [5.74, 6) is -0.303. The fraction of sp³-hybridized carbons (Fsp3) is 0.300. The minimum absolute atomic E-state index is 0.0356. The van der Waals surface area contributed by atoms with E-state index in [4.69, 9.17) is 22.5 Å². The smallest absolute Gasteiger partial charge is 0.274 e. The fourth-order valence-electron chi connectivity index (χ4n) is 3.22. The van der Waals surface area contributed by atoms with E-state index >= 15 is 0 Å². The number of fused-ring (bicyclic) bond motifs is 1. The second-order valence-electron chi connectivity index (χ2n) is 6.60. The summed E-state index contributed by atoms with van der Waals surface area (Å²) in [4.78, 5) is 16.3. The van der Waals surface area contributed by atoms with E-state index in [2.05, 4.69) is 4.98 Å². The lowest BCUT2D eigenvalue weighted by molar-refractivity contribution is 0.0706. The Morgan fingerprint density at radius 2 is 2.07 bits per heavy atom. The van der Waals surface area contributed by atoms with Gasteiger partial charge in [-0.3, -0.25) is 10.0 Å². The van der Waals surface area contributed by atoms with E-state index in [1.165, 1.54) is 12.1 Å². The third kappa shape index (κ3) is 4.49. The Balaban J connectivity index is 1.95. The molecule has 0 fully saturated rings. The fourth-order valence-corrected chi connectivity index (χ4v) is 3.37. The number of carbonyl (C=O) groups excluding carboxylic acids is 1. The van der Waals surface area contributed by atoms with Gasteiger partial charge in [-0.2, -0.15) is 0 Å². The van der Waals surface area contributed by atoms with Crippen LogP contribution in [0.15, 0.2) is 36.4 Å². The summed E-state index contributed by atoms with van der Waals surface area (Å²) in [7, 11) is 0. The number of carbonyl (C=O) groups is 1. The topological polar surface area (TPSA) is 93.2 Å². The van der Waals surface area contributed by atoms with E-state index in [-0.39, 0.29) is 5.02 Å². The lowest BCUT2D eigenvalue weighted by Crippen LogP contribution is -2.18. The van der Waals surface area contributed by atoms with E-state index in [1.807, 2.05) is 10.6 Å². The maximum atomic E-state index is 14.0. The summed E-state index contributed by atoms with van der Waals surface area (Å²) in [6.07, 6.45) is 3.25. The molecule has 1 amide bonds. The van der Waals surface area contributed by atoms with E-state index < -0.39 is 11.7 Å². The number of amides is 1. The van der Waals surface area contributed by atoms with Crippen LogP contribution in [0.1, 0.15) is 41.0 Å². The third-order valence-corrected chi connectivity index (χ3v) is 4.90. The van der Waals surface area contributed by atoms with E-state index in [0.29, 0.717) is 36.1 Å². The summed E-state index contributed by atoms with van der Waals surface area (Å²) >= 11 is 5.92. The molecule has 0 spiro atoms. The van der Waals surface area contributed by atoms with Crippen LogP contribution in [-0.4, -0.2) is 27.2 Å². The van der Waals surface area contributed by atoms with Crippen molar-refractivity contribution in [3.8, 4) is 0 Å². The first kappa shape index (κ1) is 20.3. The highest BCUT2D eigenvalue weighted by Crippen LogP contribution is 2.25. The lowest BCUT2D eigenvalue weighted by atomic mass is 10.1. The molecule has 1 aromatic heterocycles. The number of aryl methyl sites for hydroxylation is 1. The van der Waals surface area contributed by atoms with Gasteiger partial charge < -0.3 is 10.3 Å². The molecule has 148 valence electrons. The molecule has 0 saturated heterocycles. The Bertz CT molecular complexity index is 990. The van der Waals surface area contributed by atoms with Crippen LogP contribution in [0.3, 0.4) is 0 Å². The molecule has 1 heterocycles. The quantitative estimate of drug-likeness (QED) is 0.303. The van der Waals surface area contributed by atoms with Crippen molar-refractivity contribution in [1.82, 2.24) is 15.0 Å². The summed E-state index contributed by atoms with van der Waals surface area (Å²) in [6.45, 7) is 1.32. The summed E-state index contributed by atoms with van der Waals surface area (Å²) in [5, 5.41) is 8.86. The molecular weight excluding hydrogens is 383 g/mol. The molecule has 0 radical (unpaired) electrons. The molecule has 8 heteroatoms. The number of benzene rings is 2. The summed E-state index contributed by atoms with van der Waals surface area (Å²) in [6, 6.07) is 9.86. The molecule has 0 aliphatic rings. The Labute approximate surface area is 167 Å². The van der Waals surface area contributed by atoms with Gasteiger partial charge >= 0.3 is 0 Å². The van der Waals surface area contributed by atoms with Gasteiger partial charge in [0.15, 0.2) is 0 Å². The van der Waals surface area contributed by atoms with Gasteiger partial charge in [0.25, 0.3) is 5.91 Å². The molecule has 28 heavy (non-hydrogen) atoms. The summed E-state index contributed by atoms with van der Waals surface area (Å²) in [5.41, 5.74) is 9.71. The van der Waals surface area contributed by atoms with Crippen LogP contribution in [0.2, 0.25) is 5.02 Å². The minimum atomic E-state index is -0.578. The average Bonchev–Trinajstić information content (AvgIpc) is 3.01. The van der Waals surface area contributed by atoms with Gasteiger partial charge in [0, 0.05) is 24.6 Å². The highest BCUT2D eigenvalue weighted by atomic mass is 35.5. The SMILES string of the molecule is NCCCCCn1c(Cc2cccc(C(=O)NO)c2)nc2cc(Cl)c(F)cc21. The van der Waals surface area contributed by atoms with Gasteiger partial charge in [-0.1, -0.05) is 30.2 Å². The number of nitrogens with one attached hydrogen (secondary N) is 1. The number of hydrogen-bond acceptors (Lipinski definition) is 4. The van der Waals surface area contributed by atoms with Crippen molar-refractivity contribution < 1.29 is 14.4 Å². The molecule has 3 aromatic rings. The van der Waals surface area contributed by atoms with E-state index in [1.54, 1.807) is 23.7 Å². The molecule has 0 unspecified atom stereocenters. The number of nitrogens with zero attached hydrogens (tertiary/aromatic N) is 2. The zero-order valence-electron chi connectivity index (χ0n) is 15.3. The molecule has 2 aromatic carbocycles. The number of hydroxylamine groups is 1. The first-order chi connectivity index (χ1) is 13.5. The molecule has 0 aliphatic carbocycles. The number of nitrogens with two attached hydrogens (primary N) is 1. The Kier molecular flexibility index (Phi) is 6.61. The molecule has 0 saturated carbocycles. The maximum Gasteiger partial charge on any atom is 0.274 e. The monoisotopic (exact) mass is 404 g/mol. The van der Waals surface area contributed by atoms with E-state index in [0.717, 1.165) is 30.7 Å². The number of rotatable bonds is 8. The van der Waals surface area contributed by atoms with Crippen molar-refractivity contribution >= 4 is 28.5 Å². The maximum absolute atomic E-state index is 14.0. The first-order valence-electron chi connectivity index (χ1n) is 9.11. The van der Waals surface area contributed by atoms with Crippen LogP contribution in [0, 0.1) is 5.82 Å². The Hall–Kier alpha value is -2.48. The highest BCUT2D eigenvalue weighted by Gasteiger charge is 2.15. The number of hydrogen-bond donors (Lipinski definition) is 3. The second-order valence-corrected chi connectivity index (χ2v) is 7.01. The average molecular weight is 405 g/mol. The Morgan fingerprint density at radius 1 is 1.25 bits per heavy atom. The Morgan fingerprint density at radius 3 is 2.82 bits per heavy atom.